The third-order valence-corrected chi connectivity index (χ3v) is 11.3. The first-order valence-electron chi connectivity index (χ1n) is 19.7. The number of carboxylic acids is 1. The number of hydrogen-bond donors (Lipinski definition) is 2. The minimum Gasteiger partial charge on any atom is -0.489 e. The first kappa shape index (κ1) is 42.2. The van der Waals surface area contributed by atoms with E-state index in [1.165, 1.54) is 4.90 Å². The first-order chi connectivity index (χ1) is 28.9. The van der Waals surface area contributed by atoms with Gasteiger partial charge < -0.3 is 34.1 Å². The number of aromatic nitrogens is 1. The van der Waals surface area contributed by atoms with E-state index in [9.17, 15) is 19.5 Å². The lowest BCUT2D eigenvalue weighted by molar-refractivity contribution is -0.142. The lowest BCUT2D eigenvalue weighted by Gasteiger charge is -2.37. The molecule has 0 saturated heterocycles. The van der Waals surface area contributed by atoms with Gasteiger partial charge in [0.1, 0.15) is 42.5 Å². The minimum absolute atomic E-state index is 0.00728. The van der Waals surface area contributed by atoms with Crippen LogP contribution in [0.2, 0.25) is 10.0 Å². The van der Waals surface area contributed by atoms with Gasteiger partial charge in [-0.2, -0.15) is 0 Å². The molecular formula is C46H45Cl2N3O9. The molecule has 312 valence electrons. The number of ether oxygens (including phenoxy) is 5. The average Bonchev–Trinajstić information content (AvgIpc) is 3.24. The molecule has 0 bridgehead atoms. The maximum Gasteiger partial charge on any atom is 0.410 e. The van der Waals surface area contributed by atoms with Gasteiger partial charge in [-0.15, -0.1) is 0 Å². The maximum absolute atomic E-state index is 14.0. The topological polar surface area (TPSA) is 146 Å². The van der Waals surface area contributed by atoms with Crippen LogP contribution in [0.15, 0.2) is 91.1 Å². The van der Waals surface area contributed by atoms with Gasteiger partial charge in [0, 0.05) is 30.3 Å². The second kappa shape index (κ2) is 18.9. The van der Waals surface area contributed by atoms with Gasteiger partial charge in [-0.05, 0) is 103 Å². The van der Waals surface area contributed by atoms with E-state index in [0.29, 0.717) is 57.4 Å². The summed E-state index contributed by atoms with van der Waals surface area (Å²) in [6, 6.07) is 23.1. The number of halogens is 2. The van der Waals surface area contributed by atoms with Crippen molar-refractivity contribution in [2.24, 2.45) is 0 Å². The average molecular weight is 855 g/mol. The van der Waals surface area contributed by atoms with Crippen LogP contribution in [0.1, 0.15) is 64.9 Å². The molecule has 3 atom stereocenters. The number of nitrogens with zero attached hydrogens (tertiary/aromatic N) is 2. The lowest BCUT2D eigenvalue weighted by atomic mass is 9.92. The van der Waals surface area contributed by atoms with Gasteiger partial charge in [0.25, 0.3) is 0 Å². The number of carbonyl (C=O) groups is 3. The number of carboxylic acid groups (broad SMARTS) is 1. The van der Waals surface area contributed by atoms with E-state index in [2.05, 4.69) is 10.3 Å². The van der Waals surface area contributed by atoms with Crippen LogP contribution in [-0.4, -0.2) is 58.3 Å². The molecule has 60 heavy (non-hydrogen) atoms. The number of aliphatic carboxylic acids is 1. The zero-order valence-electron chi connectivity index (χ0n) is 33.4. The monoisotopic (exact) mass is 853 g/mol. The fourth-order valence-corrected chi connectivity index (χ4v) is 7.28. The maximum atomic E-state index is 14.0. The summed E-state index contributed by atoms with van der Waals surface area (Å²) in [5, 5.41) is 13.8. The molecule has 0 fully saturated rings. The van der Waals surface area contributed by atoms with Crippen molar-refractivity contribution in [2.45, 2.75) is 77.8 Å². The second-order valence-electron chi connectivity index (χ2n) is 14.8. The van der Waals surface area contributed by atoms with Crippen molar-refractivity contribution in [3.8, 4) is 28.7 Å². The number of aryl methyl sites for hydroxylation is 1. The van der Waals surface area contributed by atoms with Crippen molar-refractivity contribution in [1.29, 1.82) is 0 Å². The molecule has 0 aliphatic carbocycles. The van der Waals surface area contributed by atoms with Crippen LogP contribution in [-0.2, 0) is 40.3 Å². The summed E-state index contributed by atoms with van der Waals surface area (Å²) in [4.78, 5) is 45.7. The molecule has 14 heteroatoms. The van der Waals surface area contributed by atoms with Gasteiger partial charge >= 0.3 is 12.1 Å². The van der Waals surface area contributed by atoms with Crippen molar-refractivity contribution < 1.29 is 43.2 Å². The quantitative estimate of drug-likeness (QED) is 0.104. The fraction of sp³-hybridized carbons (Fsp3) is 0.304. The van der Waals surface area contributed by atoms with Crippen LogP contribution in [0, 0.1) is 13.8 Å². The SMILES string of the molecule is CCCCOC(=O)N1Cc2cc3c(cc2CC1C(=O)NC(Cc1ccc(Oc2ccnc(C)c2C)cc1)C(=O)O)OCC(c1ccc(OCc2ccc(Cl)c(Cl)c2)cc1)O3. The molecule has 7 rings (SSSR count). The molecular weight excluding hydrogens is 809 g/mol. The standard InChI is InChI=1S/C46H45Cl2N3O9/c1-4-5-18-56-46(55)51-24-33-23-42-41(58-26-43(60-42)31-9-13-34(14-10-31)57-25-30-8-15-36(47)37(48)19-30)22-32(33)21-39(51)44(52)50-38(45(53)54)20-29-6-11-35(12-7-29)59-40-16-17-49-28(3)27(40)2/h6-17,19,22-23,38-39,43H,4-5,18,20-21,24-26H2,1-3H3,(H,50,52)(H,53,54). The van der Waals surface area contributed by atoms with Gasteiger partial charge in [0.15, 0.2) is 17.6 Å². The van der Waals surface area contributed by atoms with Crippen molar-refractivity contribution >= 4 is 41.2 Å². The molecule has 4 aromatic carbocycles. The Bertz CT molecular complexity index is 2360. The summed E-state index contributed by atoms with van der Waals surface area (Å²) in [6.45, 7) is 6.60. The normalized spacial score (nSPS) is 16.0. The summed E-state index contributed by atoms with van der Waals surface area (Å²) in [7, 11) is 0. The number of fused-ring (bicyclic) bond motifs is 2. The van der Waals surface area contributed by atoms with E-state index in [4.69, 9.17) is 46.9 Å². The summed E-state index contributed by atoms with van der Waals surface area (Å²) >= 11 is 12.2. The molecule has 0 spiro atoms. The zero-order chi connectivity index (χ0) is 42.3. The molecule has 2 N–H and O–H groups in total. The number of rotatable bonds is 14. The summed E-state index contributed by atoms with van der Waals surface area (Å²) in [5.41, 5.74) is 5.75. The van der Waals surface area contributed by atoms with E-state index in [1.54, 1.807) is 48.7 Å². The first-order valence-corrected chi connectivity index (χ1v) is 20.5. The van der Waals surface area contributed by atoms with Crippen LogP contribution in [0.5, 0.6) is 28.7 Å². The molecule has 3 unspecified atom stereocenters. The molecule has 12 nitrogen and oxygen atoms in total. The smallest absolute Gasteiger partial charge is 0.410 e. The molecule has 2 aliphatic rings. The molecule has 2 amide bonds. The van der Waals surface area contributed by atoms with Crippen LogP contribution >= 0.6 is 23.2 Å². The van der Waals surface area contributed by atoms with Gasteiger partial charge in [0.2, 0.25) is 5.91 Å². The molecule has 2 aliphatic heterocycles. The third-order valence-electron chi connectivity index (χ3n) is 10.6. The van der Waals surface area contributed by atoms with E-state index in [-0.39, 0.29) is 32.6 Å². The van der Waals surface area contributed by atoms with Crippen LogP contribution in [0.4, 0.5) is 4.79 Å². The lowest BCUT2D eigenvalue weighted by Crippen LogP contribution is -2.56. The van der Waals surface area contributed by atoms with Crippen LogP contribution in [0.25, 0.3) is 0 Å². The Balaban J connectivity index is 1.03. The van der Waals surface area contributed by atoms with Gasteiger partial charge in [0.05, 0.1) is 23.2 Å². The summed E-state index contributed by atoms with van der Waals surface area (Å²) in [6.07, 6.45) is 2.19. The Hall–Kier alpha value is -5.98. The third kappa shape index (κ3) is 10.1. The number of carbonyl (C=O) groups excluding carboxylic acids is 2. The van der Waals surface area contributed by atoms with Crippen LogP contribution < -0.4 is 24.3 Å². The van der Waals surface area contributed by atoms with Crippen molar-refractivity contribution in [3.63, 3.8) is 0 Å². The molecule has 0 radical (unpaired) electrons. The van der Waals surface area contributed by atoms with E-state index in [0.717, 1.165) is 39.9 Å². The highest BCUT2D eigenvalue weighted by Crippen LogP contribution is 2.41. The highest BCUT2D eigenvalue weighted by Gasteiger charge is 2.38. The number of unbranched alkanes of at least 4 members (excludes halogenated alkanes) is 1. The second-order valence-corrected chi connectivity index (χ2v) is 15.6. The fourth-order valence-electron chi connectivity index (χ4n) is 6.95. The Morgan fingerprint density at radius 3 is 2.38 bits per heavy atom. The van der Waals surface area contributed by atoms with Crippen molar-refractivity contribution in [1.82, 2.24) is 15.2 Å². The summed E-state index contributed by atoms with van der Waals surface area (Å²) < 4.78 is 30.2. The molecule has 1 aromatic heterocycles. The minimum atomic E-state index is -1.27. The highest BCUT2D eigenvalue weighted by atomic mass is 35.5. The Morgan fingerprint density at radius 2 is 1.65 bits per heavy atom. The number of nitrogens with one attached hydrogen (secondary N) is 1. The number of hydrogen-bond acceptors (Lipinski definition) is 9. The number of amides is 2. The Kier molecular flexibility index (Phi) is 13.3. The predicted molar refractivity (Wildman–Crippen MR) is 225 cm³/mol. The van der Waals surface area contributed by atoms with Crippen molar-refractivity contribution in [2.75, 3.05) is 13.2 Å². The Morgan fingerprint density at radius 1 is 0.917 bits per heavy atom. The predicted octanol–water partition coefficient (Wildman–Crippen LogP) is 9.36. The van der Waals surface area contributed by atoms with Gasteiger partial charge in [-0.25, -0.2) is 9.59 Å². The van der Waals surface area contributed by atoms with Gasteiger partial charge in [-0.1, -0.05) is 66.9 Å². The van der Waals surface area contributed by atoms with E-state index >= 15 is 0 Å². The van der Waals surface area contributed by atoms with Crippen molar-refractivity contribution in [3.05, 3.63) is 140 Å². The number of pyridine rings is 1. The summed E-state index contributed by atoms with van der Waals surface area (Å²) in [5.74, 6) is 1.11. The molecule has 3 heterocycles. The highest BCUT2D eigenvalue weighted by molar-refractivity contribution is 6.42. The van der Waals surface area contributed by atoms with Crippen LogP contribution in [0.3, 0.4) is 0 Å². The van der Waals surface area contributed by atoms with Gasteiger partial charge in [-0.3, -0.25) is 14.7 Å². The van der Waals surface area contributed by atoms with E-state index in [1.807, 2.05) is 63.2 Å². The Labute approximate surface area is 358 Å². The molecule has 5 aromatic rings. The van der Waals surface area contributed by atoms with E-state index < -0.39 is 36.2 Å². The zero-order valence-corrected chi connectivity index (χ0v) is 34.9. The largest absolute Gasteiger partial charge is 0.489 e. The number of benzene rings is 4. The molecule has 0 saturated carbocycles.